The molecule has 0 saturated heterocycles. The van der Waals surface area contributed by atoms with Crippen molar-refractivity contribution in [3.8, 4) is 5.95 Å². The van der Waals surface area contributed by atoms with Crippen LogP contribution in [0.25, 0.3) is 0 Å². The Morgan fingerprint density at radius 2 is 2.33 bits per heavy atom. The molecule has 1 rings (SSSR count). The summed E-state index contributed by atoms with van der Waals surface area (Å²) >= 11 is 0. The first-order chi connectivity index (χ1) is 5.59. The molecule has 1 heterocycles. The van der Waals surface area contributed by atoms with Crippen LogP contribution in [-0.2, 0) is 4.79 Å². The van der Waals surface area contributed by atoms with Crippen LogP contribution in [0.1, 0.15) is 6.92 Å². The minimum Gasteiger partial charge on any atom is -0.395 e. The van der Waals surface area contributed by atoms with Crippen molar-refractivity contribution in [2.75, 3.05) is 0 Å². The second kappa shape index (κ2) is 3.08. The van der Waals surface area contributed by atoms with Gasteiger partial charge in [-0.25, -0.2) is 9.59 Å². The lowest BCUT2D eigenvalue weighted by atomic mass is 10.4. The fraction of sp³-hybridized carbons (Fsp3) is 0.143. The first kappa shape index (κ1) is 8.32. The Hall–Kier alpha value is -1.78. The zero-order chi connectivity index (χ0) is 9.14. The summed E-state index contributed by atoms with van der Waals surface area (Å²) in [5, 5.41) is 0. The molecule has 0 amide bonds. The minimum absolute atomic E-state index is 0.207. The molecular weight excluding hydrogens is 164 g/mol. The second-order valence-electron chi connectivity index (χ2n) is 2.08. The topological polar surface area (TPSA) is 69.7 Å². The minimum atomic E-state index is -0.917. The van der Waals surface area contributed by atoms with E-state index in [0.717, 1.165) is 6.26 Å². The van der Waals surface area contributed by atoms with Crippen LogP contribution < -0.4 is 10.6 Å². The number of hydrogen-bond donors (Lipinski definition) is 0. The zero-order valence-corrected chi connectivity index (χ0v) is 6.33. The fourth-order valence-corrected chi connectivity index (χ4v) is 0.450. The maximum absolute atomic E-state index is 10.8. The van der Waals surface area contributed by atoms with Gasteiger partial charge in [0, 0.05) is 5.57 Å². The van der Waals surface area contributed by atoms with E-state index in [1.54, 1.807) is 0 Å². The standard InChI is InChI=1S/C7H6O5/c1-4(2)6(8)11-5-3-10-7(9)12-5/h3H,1H2,2H3. The number of hydrogen-bond acceptors (Lipinski definition) is 5. The summed E-state index contributed by atoms with van der Waals surface area (Å²) in [6.07, 6.45) is 0.906. The number of ether oxygens (including phenoxy) is 1. The van der Waals surface area contributed by atoms with Gasteiger partial charge >= 0.3 is 17.7 Å². The summed E-state index contributed by atoms with van der Waals surface area (Å²) in [5.41, 5.74) is 0.207. The molecule has 0 spiro atoms. The molecule has 0 unspecified atom stereocenters. The predicted molar refractivity (Wildman–Crippen MR) is 37.7 cm³/mol. The average Bonchev–Trinajstić information content (AvgIpc) is 2.35. The highest BCUT2D eigenvalue weighted by Gasteiger charge is 2.09. The summed E-state index contributed by atoms with van der Waals surface area (Å²) in [7, 11) is 0. The third-order valence-electron chi connectivity index (χ3n) is 0.977. The van der Waals surface area contributed by atoms with E-state index in [1.807, 2.05) is 0 Å². The van der Waals surface area contributed by atoms with Crippen molar-refractivity contribution in [2.24, 2.45) is 0 Å². The lowest BCUT2D eigenvalue weighted by Crippen LogP contribution is -2.07. The van der Waals surface area contributed by atoms with Gasteiger partial charge in [-0.05, 0) is 6.92 Å². The largest absolute Gasteiger partial charge is 0.521 e. The van der Waals surface area contributed by atoms with E-state index in [-0.39, 0.29) is 11.5 Å². The first-order valence-electron chi connectivity index (χ1n) is 3.06. The highest BCUT2D eigenvalue weighted by atomic mass is 16.7. The van der Waals surface area contributed by atoms with E-state index >= 15 is 0 Å². The Labute approximate surface area is 67.2 Å². The molecule has 0 N–H and O–H groups in total. The Balaban J connectivity index is 2.71. The lowest BCUT2D eigenvalue weighted by Gasteiger charge is -1.95. The summed E-state index contributed by atoms with van der Waals surface area (Å²) in [4.78, 5) is 21.1. The van der Waals surface area contributed by atoms with Crippen LogP contribution in [0.4, 0.5) is 0 Å². The molecule has 0 aliphatic carbocycles. The molecule has 0 aliphatic rings. The van der Waals surface area contributed by atoms with E-state index in [4.69, 9.17) is 0 Å². The van der Waals surface area contributed by atoms with Crippen LogP contribution >= 0.6 is 0 Å². The normalized spacial score (nSPS) is 9.42. The molecule has 12 heavy (non-hydrogen) atoms. The van der Waals surface area contributed by atoms with Gasteiger partial charge in [-0.1, -0.05) is 6.58 Å². The Morgan fingerprint density at radius 3 is 2.75 bits per heavy atom. The van der Waals surface area contributed by atoms with E-state index in [0.29, 0.717) is 0 Å². The van der Waals surface area contributed by atoms with Crippen LogP contribution in [0, 0.1) is 0 Å². The Kier molecular flexibility index (Phi) is 2.14. The van der Waals surface area contributed by atoms with Gasteiger partial charge in [0.25, 0.3) is 0 Å². The number of carbonyl (C=O) groups excluding carboxylic acids is 1. The summed E-state index contributed by atoms with van der Waals surface area (Å²) < 4.78 is 13.0. The van der Waals surface area contributed by atoms with Gasteiger partial charge < -0.3 is 13.6 Å². The number of carbonyl (C=O) groups is 1. The van der Waals surface area contributed by atoms with Gasteiger partial charge in [0.1, 0.15) is 0 Å². The van der Waals surface area contributed by atoms with E-state index in [9.17, 15) is 9.59 Å². The molecule has 5 heteroatoms. The van der Waals surface area contributed by atoms with Crippen LogP contribution in [0.3, 0.4) is 0 Å². The van der Waals surface area contributed by atoms with Gasteiger partial charge in [0.15, 0.2) is 6.26 Å². The lowest BCUT2D eigenvalue weighted by molar-refractivity contribution is -0.131. The third-order valence-corrected chi connectivity index (χ3v) is 0.977. The molecule has 0 fully saturated rings. The molecule has 0 bridgehead atoms. The van der Waals surface area contributed by atoms with Crippen molar-refractivity contribution in [2.45, 2.75) is 6.92 Å². The number of esters is 1. The van der Waals surface area contributed by atoms with E-state index in [1.165, 1.54) is 6.92 Å². The molecular formula is C7H6O5. The van der Waals surface area contributed by atoms with Gasteiger partial charge in [-0.15, -0.1) is 0 Å². The average molecular weight is 170 g/mol. The van der Waals surface area contributed by atoms with Gasteiger partial charge in [0.2, 0.25) is 0 Å². The maximum Gasteiger partial charge on any atom is 0.521 e. The Bertz CT molecular complexity index is 356. The smallest absolute Gasteiger partial charge is 0.395 e. The third kappa shape index (κ3) is 1.85. The second-order valence-corrected chi connectivity index (χ2v) is 2.08. The summed E-state index contributed by atoms with van der Waals surface area (Å²) in [5.74, 6) is -1.85. The first-order valence-corrected chi connectivity index (χ1v) is 3.06. The molecule has 0 aliphatic heterocycles. The predicted octanol–water partition coefficient (Wildman–Crippen LogP) is 0.714. The van der Waals surface area contributed by atoms with Crippen LogP contribution in [0.15, 0.2) is 32.0 Å². The molecule has 1 aromatic heterocycles. The maximum atomic E-state index is 10.8. The van der Waals surface area contributed by atoms with Crippen molar-refractivity contribution < 1.29 is 18.4 Å². The highest BCUT2D eigenvalue weighted by Crippen LogP contribution is 2.07. The van der Waals surface area contributed by atoms with Crippen LogP contribution in [0.5, 0.6) is 5.95 Å². The van der Waals surface area contributed by atoms with Gasteiger partial charge in [0.05, 0.1) is 0 Å². The SMILES string of the molecule is C=C(C)C(=O)Oc1coc(=O)o1. The van der Waals surface area contributed by atoms with Crippen molar-refractivity contribution in [1.82, 2.24) is 0 Å². The van der Waals surface area contributed by atoms with Gasteiger partial charge in [-0.3, -0.25) is 0 Å². The molecule has 0 radical (unpaired) electrons. The van der Waals surface area contributed by atoms with Crippen LogP contribution in [-0.4, -0.2) is 5.97 Å². The summed E-state index contributed by atoms with van der Waals surface area (Å²) in [6.45, 7) is 4.81. The van der Waals surface area contributed by atoms with E-state index < -0.39 is 11.8 Å². The zero-order valence-electron chi connectivity index (χ0n) is 6.33. The van der Waals surface area contributed by atoms with Crippen molar-refractivity contribution in [1.29, 1.82) is 0 Å². The molecule has 1 aromatic rings. The molecule has 0 saturated carbocycles. The van der Waals surface area contributed by atoms with Crippen molar-refractivity contribution >= 4 is 5.97 Å². The molecule has 64 valence electrons. The quantitative estimate of drug-likeness (QED) is 0.483. The monoisotopic (exact) mass is 170 g/mol. The number of rotatable bonds is 2. The van der Waals surface area contributed by atoms with Gasteiger partial charge in [-0.2, -0.15) is 0 Å². The molecule has 5 nitrogen and oxygen atoms in total. The summed E-state index contributed by atoms with van der Waals surface area (Å²) in [6, 6.07) is 0. The Morgan fingerprint density at radius 1 is 1.67 bits per heavy atom. The van der Waals surface area contributed by atoms with E-state index in [2.05, 4.69) is 20.2 Å². The molecule has 0 atom stereocenters. The van der Waals surface area contributed by atoms with Crippen LogP contribution in [0.2, 0.25) is 0 Å². The fourth-order valence-electron chi connectivity index (χ4n) is 0.450. The van der Waals surface area contributed by atoms with Crippen molar-refractivity contribution in [3.05, 3.63) is 29.0 Å². The molecule has 0 aromatic carbocycles. The van der Waals surface area contributed by atoms with Crippen molar-refractivity contribution in [3.63, 3.8) is 0 Å². The highest BCUT2D eigenvalue weighted by molar-refractivity contribution is 5.88.